The number of rotatable bonds is 2. The van der Waals surface area contributed by atoms with Gasteiger partial charge in [-0.25, -0.2) is 4.98 Å². The summed E-state index contributed by atoms with van der Waals surface area (Å²) in [5.41, 5.74) is 1.04. The van der Waals surface area contributed by atoms with Crippen molar-refractivity contribution in [3.05, 3.63) is 22.2 Å². The molecule has 0 fully saturated rings. The molecule has 1 unspecified atom stereocenters. The third-order valence-corrected chi connectivity index (χ3v) is 3.00. The molecule has 1 N–H and O–H groups in total. The normalized spacial score (nSPS) is 14.9. The van der Waals surface area contributed by atoms with Crippen molar-refractivity contribution in [3.63, 3.8) is 0 Å². The van der Waals surface area contributed by atoms with Gasteiger partial charge in [-0.15, -0.1) is 11.3 Å². The van der Waals surface area contributed by atoms with E-state index in [9.17, 15) is 0 Å². The van der Waals surface area contributed by atoms with Gasteiger partial charge >= 0.3 is 0 Å². The van der Waals surface area contributed by atoms with Gasteiger partial charge in [-0.05, 0) is 13.0 Å². The number of hydrogen-bond acceptors (Lipinski definition) is 3. The fraction of sp³-hybridized carbons (Fsp3) is 0.545. The lowest BCUT2D eigenvalue weighted by atomic mass is 9.98. The summed E-state index contributed by atoms with van der Waals surface area (Å²) in [5, 5.41) is 12.2. The zero-order valence-electron chi connectivity index (χ0n) is 9.11. The highest BCUT2D eigenvalue weighted by atomic mass is 32.1. The highest BCUT2D eigenvalue weighted by Gasteiger charge is 2.17. The second kappa shape index (κ2) is 4.24. The van der Waals surface area contributed by atoms with E-state index < -0.39 is 6.10 Å². The average Bonchev–Trinajstić information content (AvgIpc) is 2.47. The summed E-state index contributed by atoms with van der Waals surface area (Å²) in [4.78, 5) is 4.47. The molecule has 78 valence electrons. The predicted molar refractivity (Wildman–Crippen MR) is 61.5 cm³/mol. The molecular weight excluding hydrogens is 194 g/mol. The molecule has 1 aromatic heterocycles. The smallest absolute Gasteiger partial charge is 0.0985 e. The van der Waals surface area contributed by atoms with Crippen LogP contribution in [-0.4, -0.2) is 16.2 Å². The molecule has 0 aromatic carbocycles. The van der Waals surface area contributed by atoms with Gasteiger partial charge in [0.2, 0.25) is 0 Å². The van der Waals surface area contributed by atoms with Crippen molar-refractivity contribution in [1.82, 2.24) is 4.98 Å². The monoisotopic (exact) mass is 211 g/mol. The van der Waals surface area contributed by atoms with E-state index in [0.717, 1.165) is 10.7 Å². The Balaban J connectivity index is 2.79. The first-order chi connectivity index (χ1) is 6.39. The van der Waals surface area contributed by atoms with Crippen molar-refractivity contribution in [1.29, 1.82) is 0 Å². The van der Waals surface area contributed by atoms with E-state index in [2.05, 4.69) is 25.8 Å². The number of aliphatic hydroxyl groups is 1. The van der Waals surface area contributed by atoms with Crippen LogP contribution in [0.3, 0.4) is 0 Å². The molecule has 2 nitrogen and oxygen atoms in total. The summed E-state index contributed by atoms with van der Waals surface area (Å²) >= 11 is 1.66. The van der Waals surface area contributed by atoms with Gasteiger partial charge in [0, 0.05) is 10.8 Å². The van der Waals surface area contributed by atoms with E-state index in [0.29, 0.717) is 0 Å². The van der Waals surface area contributed by atoms with Crippen LogP contribution in [0.1, 0.15) is 38.4 Å². The van der Waals surface area contributed by atoms with Crippen LogP contribution in [-0.2, 0) is 5.41 Å². The van der Waals surface area contributed by atoms with E-state index >= 15 is 0 Å². The summed E-state index contributed by atoms with van der Waals surface area (Å²) in [5.74, 6) is 0. The number of thiazole rings is 1. The van der Waals surface area contributed by atoms with Crippen LogP contribution in [0.15, 0.2) is 11.5 Å². The Kier molecular flexibility index (Phi) is 3.45. The maximum absolute atomic E-state index is 9.07. The van der Waals surface area contributed by atoms with Gasteiger partial charge in [0.1, 0.15) is 0 Å². The first-order valence-corrected chi connectivity index (χ1v) is 5.60. The molecule has 1 heterocycles. The van der Waals surface area contributed by atoms with Crippen molar-refractivity contribution in [2.24, 2.45) is 0 Å². The Morgan fingerprint density at radius 2 is 2.14 bits per heavy atom. The van der Waals surface area contributed by atoms with Gasteiger partial charge < -0.3 is 5.11 Å². The first-order valence-electron chi connectivity index (χ1n) is 4.72. The van der Waals surface area contributed by atoms with Crippen molar-refractivity contribution >= 4 is 17.4 Å². The lowest BCUT2D eigenvalue weighted by Crippen LogP contribution is -2.10. The molecule has 1 aromatic rings. The zero-order valence-corrected chi connectivity index (χ0v) is 9.93. The topological polar surface area (TPSA) is 33.1 Å². The summed E-state index contributed by atoms with van der Waals surface area (Å²) in [6.45, 7) is 8.17. The Morgan fingerprint density at radius 1 is 1.50 bits per heavy atom. The summed E-state index contributed by atoms with van der Waals surface area (Å²) in [7, 11) is 0. The van der Waals surface area contributed by atoms with Gasteiger partial charge in [-0.2, -0.15) is 0 Å². The molecule has 0 aliphatic rings. The molecule has 0 aliphatic heterocycles. The minimum atomic E-state index is -0.408. The molecule has 14 heavy (non-hydrogen) atoms. The van der Waals surface area contributed by atoms with Crippen LogP contribution < -0.4 is 0 Å². The van der Waals surface area contributed by atoms with Crippen molar-refractivity contribution < 1.29 is 5.11 Å². The second-order valence-electron chi connectivity index (χ2n) is 4.43. The summed E-state index contributed by atoms with van der Waals surface area (Å²) in [6.07, 6.45) is 3.19. The van der Waals surface area contributed by atoms with Gasteiger partial charge in [0.05, 0.1) is 16.8 Å². The van der Waals surface area contributed by atoms with Crippen LogP contribution >= 0.6 is 11.3 Å². The van der Waals surface area contributed by atoms with Crippen molar-refractivity contribution in [2.75, 3.05) is 0 Å². The third-order valence-electron chi connectivity index (χ3n) is 1.71. The van der Waals surface area contributed by atoms with E-state index in [1.165, 1.54) is 0 Å². The van der Waals surface area contributed by atoms with Crippen LogP contribution in [0, 0.1) is 0 Å². The molecule has 0 saturated carbocycles. The van der Waals surface area contributed by atoms with Gasteiger partial charge in [-0.1, -0.05) is 26.8 Å². The molecule has 3 heteroatoms. The van der Waals surface area contributed by atoms with E-state index in [-0.39, 0.29) is 5.41 Å². The van der Waals surface area contributed by atoms with E-state index in [1.807, 2.05) is 11.5 Å². The molecule has 0 spiro atoms. The van der Waals surface area contributed by atoms with Crippen molar-refractivity contribution in [2.45, 2.75) is 39.2 Å². The van der Waals surface area contributed by atoms with Gasteiger partial charge in [0.25, 0.3) is 0 Å². The fourth-order valence-electron chi connectivity index (χ4n) is 0.945. The van der Waals surface area contributed by atoms with Crippen LogP contribution in [0.25, 0.3) is 6.08 Å². The van der Waals surface area contributed by atoms with Crippen LogP contribution in [0.5, 0.6) is 0 Å². The standard InChI is InChI=1S/C11H17NOS/c1-8(13)5-6-9-7-14-10(12-9)11(2,3)4/h5-8,13H,1-4H3/b6-5+. The molecule has 0 aliphatic carbocycles. The first kappa shape index (κ1) is 11.4. The highest BCUT2D eigenvalue weighted by molar-refractivity contribution is 7.09. The zero-order chi connectivity index (χ0) is 10.8. The van der Waals surface area contributed by atoms with E-state index in [1.54, 1.807) is 24.3 Å². The largest absolute Gasteiger partial charge is 0.389 e. The number of nitrogens with zero attached hydrogens (tertiary/aromatic N) is 1. The molecule has 0 radical (unpaired) electrons. The quantitative estimate of drug-likeness (QED) is 0.816. The maximum Gasteiger partial charge on any atom is 0.0985 e. The Hall–Kier alpha value is -0.670. The molecule has 0 bridgehead atoms. The fourth-order valence-corrected chi connectivity index (χ4v) is 1.82. The predicted octanol–water partition coefficient (Wildman–Crippen LogP) is 2.83. The molecule has 1 rings (SSSR count). The lowest BCUT2D eigenvalue weighted by Gasteiger charge is -2.13. The Bertz CT molecular complexity index is 320. The van der Waals surface area contributed by atoms with Gasteiger partial charge in [0.15, 0.2) is 0 Å². The lowest BCUT2D eigenvalue weighted by molar-refractivity contribution is 0.245. The summed E-state index contributed by atoms with van der Waals surface area (Å²) < 4.78 is 0. The second-order valence-corrected chi connectivity index (χ2v) is 5.29. The average molecular weight is 211 g/mol. The van der Waals surface area contributed by atoms with E-state index in [4.69, 9.17) is 5.11 Å². The van der Waals surface area contributed by atoms with Crippen LogP contribution in [0.2, 0.25) is 0 Å². The van der Waals surface area contributed by atoms with Crippen molar-refractivity contribution in [3.8, 4) is 0 Å². The van der Waals surface area contributed by atoms with Crippen LogP contribution in [0.4, 0.5) is 0 Å². The number of aromatic nitrogens is 1. The third kappa shape index (κ3) is 3.24. The highest BCUT2D eigenvalue weighted by Crippen LogP contribution is 2.25. The minimum absolute atomic E-state index is 0.113. The Morgan fingerprint density at radius 3 is 2.57 bits per heavy atom. The molecule has 0 amide bonds. The SMILES string of the molecule is CC(O)/C=C/c1csc(C(C)(C)C)n1. The number of aliphatic hydroxyl groups excluding tert-OH is 1. The molecule has 0 saturated heterocycles. The number of hydrogen-bond donors (Lipinski definition) is 1. The maximum atomic E-state index is 9.07. The minimum Gasteiger partial charge on any atom is -0.389 e. The summed E-state index contributed by atoms with van der Waals surface area (Å²) in [6, 6.07) is 0. The van der Waals surface area contributed by atoms with Gasteiger partial charge in [-0.3, -0.25) is 0 Å². The molecular formula is C11H17NOS. The molecule has 1 atom stereocenters. The Labute approximate surface area is 89.3 Å².